The Morgan fingerprint density at radius 3 is 2.68 bits per heavy atom. The van der Waals surface area contributed by atoms with E-state index in [0.717, 1.165) is 0 Å². The number of carboxylic acid groups (broad SMARTS) is 1. The Kier molecular flexibility index (Phi) is 3.47. The summed E-state index contributed by atoms with van der Waals surface area (Å²) in [6, 6.07) is 5.66. The van der Waals surface area contributed by atoms with E-state index in [4.69, 9.17) is 16.9 Å². The molecule has 19 heavy (non-hydrogen) atoms. The molecule has 0 aliphatic heterocycles. The minimum Gasteiger partial charge on any atom is -0.480 e. The first-order valence-electron chi connectivity index (χ1n) is 5.57. The Bertz CT molecular complexity index is 685. The molecule has 0 saturated heterocycles. The Morgan fingerprint density at radius 2 is 2.16 bits per heavy atom. The Hall–Kier alpha value is -2.03. The van der Waals surface area contributed by atoms with Gasteiger partial charge in [-0.3, -0.25) is 0 Å². The van der Waals surface area contributed by atoms with E-state index in [1.807, 2.05) is 6.07 Å². The molecule has 0 aliphatic carbocycles. The van der Waals surface area contributed by atoms with Crippen LogP contribution in [0.4, 0.5) is 0 Å². The van der Waals surface area contributed by atoms with E-state index in [1.54, 1.807) is 18.3 Å². The molecule has 1 aromatic heterocycles. The largest absolute Gasteiger partial charge is 0.480 e. The van der Waals surface area contributed by atoms with E-state index in [9.17, 15) is 15.0 Å². The SMILES string of the molecule is CC(O)C(C(=O)O)n1ccc2c(Cl)c(C#N)ccc21. The quantitative estimate of drug-likeness (QED) is 0.901. The molecule has 0 saturated carbocycles. The zero-order chi connectivity index (χ0) is 14.2. The van der Waals surface area contributed by atoms with Crippen LogP contribution in [0, 0.1) is 11.3 Å². The number of halogens is 1. The van der Waals surface area contributed by atoms with Gasteiger partial charge in [-0.05, 0) is 25.1 Å². The second-order valence-corrected chi connectivity index (χ2v) is 4.60. The summed E-state index contributed by atoms with van der Waals surface area (Å²) in [5.74, 6) is -1.13. The third-order valence-electron chi connectivity index (χ3n) is 2.97. The second-order valence-electron chi connectivity index (χ2n) is 4.22. The van der Waals surface area contributed by atoms with Gasteiger partial charge in [0, 0.05) is 11.6 Å². The highest BCUT2D eigenvalue weighted by atomic mass is 35.5. The summed E-state index contributed by atoms with van der Waals surface area (Å²) in [4.78, 5) is 11.2. The van der Waals surface area contributed by atoms with Crippen molar-refractivity contribution in [3.05, 3.63) is 35.0 Å². The molecule has 2 aromatic rings. The van der Waals surface area contributed by atoms with E-state index >= 15 is 0 Å². The number of rotatable bonds is 3. The Labute approximate surface area is 114 Å². The van der Waals surface area contributed by atoms with Gasteiger partial charge in [0.05, 0.1) is 22.2 Å². The number of aliphatic carboxylic acids is 1. The molecule has 2 unspecified atom stereocenters. The first-order chi connectivity index (χ1) is 8.97. The predicted molar refractivity (Wildman–Crippen MR) is 70.0 cm³/mol. The zero-order valence-electron chi connectivity index (χ0n) is 10.0. The van der Waals surface area contributed by atoms with Gasteiger partial charge in [-0.25, -0.2) is 4.79 Å². The van der Waals surface area contributed by atoms with Crippen LogP contribution in [-0.2, 0) is 4.79 Å². The fourth-order valence-electron chi connectivity index (χ4n) is 2.09. The summed E-state index contributed by atoms with van der Waals surface area (Å²) in [6.07, 6.45) is 0.492. The summed E-state index contributed by atoms with van der Waals surface area (Å²) in [5, 5.41) is 28.5. The number of aliphatic hydroxyl groups is 1. The van der Waals surface area contributed by atoms with Gasteiger partial charge in [-0.1, -0.05) is 11.6 Å². The number of aliphatic hydroxyl groups excluding tert-OH is 1. The van der Waals surface area contributed by atoms with Crippen molar-refractivity contribution in [1.29, 1.82) is 5.26 Å². The molecule has 2 rings (SSSR count). The standard InChI is InChI=1S/C13H11ClN2O3/c1-7(17)12(13(18)19)16-5-4-9-10(16)3-2-8(6-15)11(9)14/h2-5,7,12,17H,1H3,(H,18,19). The monoisotopic (exact) mass is 278 g/mol. The van der Waals surface area contributed by atoms with Crippen molar-refractivity contribution in [3.8, 4) is 6.07 Å². The summed E-state index contributed by atoms with van der Waals surface area (Å²) in [7, 11) is 0. The lowest BCUT2D eigenvalue weighted by Crippen LogP contribution is -2.28. The molecule has 6 heteroatoms. The highest BCUT2D eigenvalue weighted by Gasteiger charge is 2.26. The molecular formula is C13H11ClN2O3. The number of aromatic nitrogens is 1. The minimum atomic E-state index is -1.13. The lowest BCUT2D eigenvalue weighted by atomic mass is 10.1. The lowest BCUT2D eigenvalue weighted by Gasteiger charge is -2.18. The number of carbonyl (C=O) groups is 1. The van der Waals surface area contributed by atoms with Crippen molar-refractivity contribution in [2.75, 3.05) is 0 Å². The number of nitrogens with zero attached hydrogens (tertiary/aromatic N) is 2. The van der Waals surface area contributed by atoms with Crippen molar-refractivity contribution < 1.29 is 15.0 Å². The first kappa shape index (κ1) is 13.4. The molecule has 0 bridgehead atoms. The summed E-state index contributed by atoms with van der Waals surface area (Å²) in [5.41, 5.74) is 0.896. The molecule has 98 valence electrons. The van der Waals surface area contributed by atoms with E-state index < -0.39 is 18.1 Å². The average Bonchev–Trinajstić information content (AvgIpc) is 2.74. The maximum absolute atomic E-state index is 11.2. The normalized spacial score (nSPS) is 14.0. The molecule has 2 N–H and O–H groups in total. The average molecular weight is 279 g/mol. The van der Waals surface area contributed by atoms with Crippen LogP contribution in [0.2, 0.25) is 5.02 Å². The summed E-state index contributed by atoms with van der Waals surface area (Å²) in [6.45, 7) is 1.41. The molecule has 0 aliphatic rings. The molecule has 0 fully saturated rings. The topological polar surface area (TPSA) is 86.2 Å². The minimum absolute atomic E-state index is 0.286. The van der Waals surface area contributed by atoms with E-state index in [0.29, 0.717) is 16.5 Å². The van der Waals surface area contributed by atoms with Gasteiger partial charge in [0.1, 0.15) is 6.07 Å². The van der Waals surface area contributed by atoms with Crippen LogP contribution in [0.3, 0.4) is 0 Å². The molecule has 5 nitrogen and oxygen atoms in total. The maximum Gasteiger partial charge on any atom is 0.329 e. The number of hydrogen-bond acceptors (Lipinski definition) is 3. The summed E-state index contributed by atoms with van der Waals surface area (Å²) >= 11 is 6.07. The van der Waals surface area contributed by atoms with E-state index in [-0.39, 0.29) is 5.02 Å². The third kappa shape index (κ3) is 2.16. The third-order valence-corrected chi connectivity index (χ3v) is 3.37. The van der Waals surface area contributed by atoms with Gasteiger partial charge in [-0.2, -0.15) is 5.26 Å². The zero-order valence-corrected chi connectivity index (χ0v) is 10.8. The lowest BCUT2D eigenvalue weighted by molar-refractivity contribution is -0.143. The number of nitriles is 1. The van der Waals surface area contributed by atoms with Crippen LogP contribution >= 0.6 is 11.6 Å². The first-order valence-corrected chi connectivity index (χ1v) is 5.95. The van der Waals surface area contributed by atoms with Crippen molar-refractivity contribution >= 4 is 28.5 Å². The highest BCUT2D eigenvalue weighted by molar-refractivity contribution is 6.36. The van der Waals surface area contributed by atoms with Crippen LogP contribution in [0.25, 0.3) is 10.9 Å². The van der Waals surface area contributed by atoms with Gasteiger partial charge in [-0.15, -0.1) is 0 Å². The van der Waals surface area contributed by atoms with E-state index in [2.05, 4.69) is 0 Å². The molecular weight excluding hydrogens is 268 g/mol. The van der Waals surface area contributed by atoms with Crippen molar-refractivity contribution in [2.24, 2.45) is 0 Å². The van der Waals surface area contributed by atoms with Gasteiger partial charge < -0.3 is 14.8 Å². The number of fused-ring (bicyclic) bond motifs is 1. The molecule has 0 radical (unpaired) electrons. The molecule has 1 aromatic carbocycles. The number of benzene rings is 1. The second kappa shape index (κ2) is 4.92. The molecule has 2 atom stereocenters. The van der Waals surface area contributed by atoms with Crippen molar-refractivity contribution in [2.45, 2.75) is 19.1 Å². The Morgan fingerprint density at radius 1 is 1.47 bits per heavy atom. The fraction of sp³-hybridized carbons (Fsp3) is 0.231. The van der Waals surface area contributed by atoms with Gasteiger partial charge >= 0.3 is 5.97 Å². The molecule has 1 heterocycles. The van der Waals surface area contributed by atoms with Crippen LogP contribution in [-0.4, -0.2) is 26.9 Å². The number of hydrogen-bond donors (Lipinski definition) is 2. The highest BCUT2D eigenvalue weighted by Crippen LogP contribution is 2.30. The van der Waals surface area contributed by atoms with Crippen LogP contribution in [0.15, 0.2) is 24.4 Å². The van der Waals surface area contributed by atoms with Gasteiger partial charge in [0.2, 0.25) is 0 Å². The maximum atomic E-state index is 11.2. The van der Waals surface area contributed by atoms with Crippen molar-refractivity contribution in [3.63, 3.8) is 0 Å². The van der Waals surface area contributed by atoms with Gasteiger partial charge in [0.15, 0.2) is 6.04 Å². The van der Waals surface area contributed by atoms with E-state index in [1.165, 1.54) is 17.6 Å². The van der Waals surface area contributed by atoms with Crippen molar-refractivity contribution in [1.82, 2.24) is 4.57 Å². The van der Waals surface area contributed by atoms with Gasteiger partial charge in [0.25, 0.3) is 0 Å². The predicted octanol–water partition coefficient (Wildman–Crippen LogP) is 2.17. The van der Waals surface area contributed by atoms with Crippen LogP contribution in [0.5, 0.6) is 0 Å². The molecule has 0 amide bonds. The van der Waals surface area contributed by atoms with Crippen LogP contribution in [0.1, 0.15) is 18.5 Å². The Balaban J connectivity index is 2.68. The molecule has 0 spiro atoms. The fourth-order valence-corrected chi connectivity index (χ4v) is 2.35. The summed E-state index contributed by atoms with van der Waals surface area (Å²) < 4.78 is 1.44. The number of carboxylic acids is 1. The smallest absolute Gasteiger partial charge is 0.329 e. The van der Waals surface area contributed by atoms with Crippen LogP contribution < -0.4 is 0 Å².